The van der Waals surface area contributed by atoms with Gasteiger partial charge in [-0.15, -0.1) is 0 Å². The lowest BCUT2D eigenvalue weighted by Crippen LogP contribution is -2.02. The fourth-order valence-electron chi connectivity index (χ4n) is 2.47. The Balaban J connectivity index is 1.93. The molecule has 1 aromatic rings. The topological polar surface area (TPSA) is 12.0 Å². The Hall–Kier alpha value is -0.760. The Bertz CT molecular complexity index is 381. The van der Waals surface area contributed by atoms with E-state index in [-0.39, 0.29) is 5.82 Å². The van der Waals surface area contributed by atoms with Crippen molar-refractivity contribution in [2.75, 3.05) is 11.9 Å². The van der Waals surface area contributed by atoms with Gasteiger partial charge < -0.3 is 5.32 Å². The lowest BCUT2D eigenvalue weighted by atomic mass is 10.1. The summed E-state index contributed by atoms with van der Waals surface area (Å²) in [6.45, 7) is 3.16. The number of halogens is 2. The van der Waals surface area contributed by atoms with Gasteiger partial charge in [-0.25, -0.2) is 4.39 Å². The summed E-state index contributed by atoms with van der Waals surface area (Å²) >= 11 is 5.96. The van der Waals surface area contributed by atoms with Gasteiger partial charge in [-0.3, -0.25) is 0 Å². The molecule has 1 nitrogen and oxygen atoms in total. The number of rotatable bonds is 12. The zero-order valence-corrected chi connectivity index (χ0v) is 14.0. The molecule has 0 spiro atoms. The van der Waals surface area contributed by atoms with E-state index >= 15 is 0 Å². The number of anilines is 1. The van der Waals surface area contributed by atoms with E-state index in [9.17, 15) is 4.39 Å². The quantitative estimate of drug-likeness (QED) is 0.418. The fraction of sp³-hybridized carbons (Fsp3) is 0.667. The molecule has 120 valence electrons. The zero-order chi connectivity index (χ0) is 15.3. The highest BCUT2D eigenvalue weighted by atomic mass is 35.5. The van der Waals surface area contributed by atoms with E-state index in [4.69, 9.17) is 11.6 Å². The average molecular weight is 314 g/mol. The van der Waals surface area contributed by atoms with Crippen LogP contribution in [0.1, 0.15) is 71.1 Å². The first-order valence-corrected chi connectivity index (χ1v) is 8.80. The molecule has 0 aromatic heterocycles. The van der Waals surface area contributed by atoms with Crippen LogP contribution < -0.4 is 5.32 Å². The third-order valence-corrected chi connectivity index (χ3v) is 4.09. The van der Waals surface area contributed by atoms with Crippen molar-refractivity contribution in [1.29, 1.82) is 0 Å². The van der Waals surface area contributed by atoms with E-state index in [0.717, 1.165) is 18.7 Å². The molecule has 0 amide bonds. The van der Waals surface area contributed by atoms with Gasteiger partial charge in [-0.1, -0.05) is 76.3 Å². The third-order valence-electron chi connectivity index (χ3n) is 3.78. The van der Waals surface area contributed by atoms with Crippen LogP contribution in [0, 0.1) is 5.82 Å². The normalized spacial score (nSPS) is 10.8. The summed E-state index contributed by atoms with van der Waals surface area (Å²) in [4.78, 5) is 0. The van der Waals surface area contributed by atoms with Crippen LogP contribution >= 0.6 is 11.6 Å². The minimum absolute atomic E-state index is 0.288. The van der Waals surface area contributed by atoms with Crippen molar-refractivity contribution in [3.8, 4) is 0 Å². The van der Waals surface area contributed by atoms with Gasteiger partial charge in [0.05, 0.1) is 10.7 Å². The molecule has 0 saturated carbocycles. The first kappa shape index (κ1) is 18.3. The Morgan fingerprint density at radius 2 is 1.48 bits per heavy atom. The van der Waals surface area contributed by atoms with Gasteiger partial charge >= 0.3 is 0 Å². The van der Waals surface area contributed by atoms with Crippen LogP contribution in [0.5, 0.6) is 0 Å². The lowest BCUT2D eigenvalue weighted by molar-refractivity contribution is 0.560. The second kappa shape index (κ2) is 11.9. The summed E-state index contributed by atoms with van der Waals surface area (Å²) in [6, 6.07) is 4.49. The molecule has 1 N–H and O–H groups in total. The predicted molar refractivity (Wildman–Crippen MR) is 91.7 cm³/mol. The van der Waals surface area contributed by atoms with Crippen molar-refractivity contribution in [1.82, 2.24) is 0 Å². The predicted octanol–water partition coefficient (Wildman–Crippen LogP) is 6.81. The number of hydrogen-bond donors (Lipinski definition) is 1. The maximum Gasteiger partial charge on any atom is 0.124 e. The highest BCUT2D eigenvalue weighted by Crippen LogP contribution is 2.22. The number of hydrogen-bond acceptors (Lipinski definition) is 1. The summed E-state index contributed by atoms with van der Waals surface area (Å²) in [5.74, 6) is -0.288. The van der Waals surface area contributed by atoms with E-state index in [0.29, 0.717) is 5.02 Å². The monoisotopic (exact) mass is 313 g/mol. The van der Waals surface area contributed by atoms with Crippen LogP contribution in [0.25, 0.3) is 0 Å². The molecule has 0 aliphatic heterocycles. The molecule has 0 bridgehead atoms. The van der Waals surface area contributed by atoms with Crippen molar-refractivity contribution in [3.05, 3.63) is 29.0 Å². The maximum absolute atomic E-state index is 12.9. The molecule has 21 heavy (non-hydrogen) atoms. The zero-order valence-electron chi connectivity index (χ0n) is 13.3. The van der Waals surface area contributed by atoms with Crippen LogP contribution in [0.3, 0.4) is 0 Å². The van der Waals surface area contributed by atoms with Crippen molar-refractivity contribution < 1.29 is 4.39 Å². The molecule has 0 heterocycles. The van der Waals surface area contributed by atoms with Crippen LogP contribution in [0.2, 0.25) is 5.02 Å². The maximum atomic E-state index is 12.9. The van der Waals surface area contributed by atoms with Gasteiger partial charge in [-0.2, -0.15) is 0 Å². The van der Waals surface area contributed by atoms with Crippen LogP contribution in [-0.2, 0) is 0 Å². The average Bonchev–Trinajstić information content (AvgIpc) is 2.46. The minimum atomic E-state index is -0.288. The lowest BCUT2D eigenvalue weighted by Gasteiger charge is -2.08. The molecule has 3 heteroatoms. The molecule has 1 aromatic carbocycles. The minimum Gasteiger partial charge on any atom is -0.384 e. The molecule has 0 radical (unpaired) electrons. The summed E-state index contributed by atoms with van der Waals surface area (Å²) in [5, 5.41) is 3.73. The molecule has 0 aliphatic rings. The van der Waals surface area contributed by atoms with Crippen molar-refractivity contribution in [2.45, 2.75) is 71.1 Å². The highest BCUT2D eigenvalue weighted by Gasteiger charge is 2.00. The first-order chi connectivity index (χ1) is 10.2. The molecular formula is C18H29ClFN. The number of unbranched alkanes of at least 4 members (excludes halogenated alkanes) is 9. The summed E-state index contributed by atoms with van der Waals surface area (Å²) < 4.78 is 12.9. The van der Waals surface area contributed by atoms with Crippen LogP contribution in [-0.4, -0.2) is 6.54 Å². The number of nitrogens with one attached hydrogen (secondary N) is 1. The second-order valence-electron chi connectivity index (χ2n) is 5.73. The van der Waals surface area contributed by atoms with Gasteiger partial charge in [0.2, 0.25) is 0 Å². The molecule has 1 rings (SSSR count). The van der Waals surface area contributed by atoms with Gasteiger partial charge in [0.1, 0.15) is 5.82 Å². The molecule has 0 unspecified atom stereocenters. The summed E-state index contributed by atoms with van der Waals surface area (Å²) in [5.41, 5.74) is 0.828. The molecule has 0 fully saturated rings. The van der Waals surface area contributed by atoms with Gasteiger partial charge in [0.25, 0.3) is 0 Å². The van der Waals surface area contributed by atoms with Crippen LogP contribution in [0.4, 0.5) is 10.1 Å². The Morgan fingerprint density at radius 3 is 2.05 bits per heavy atom. The SMILES string of the molecule is CCCCCCCCCCCCNc1ccc(F)cc1Cl. The summed E-state index contributed by atoms with van der Waals surface area (Å²) in [6.07, 6.45) is 13.3. The van der Waals surface area contributed by atoms with E-state index in [1.165, 1.54) is 69.9 Å². The molecule has 0 saturated heterocycles. The highest BCUT2D eigenvalue weighted by molar-refractivity contribution is 6.33. The Kier molecular flexibility index (Phi) is 10.3. The Labute approximate surface area is 134 Å². The van der Waals surface area contributed by atoms with Crippen molar-refractivity contribution >= 4 is 17.3 Å². The van der Waals surface area contributed by atoms with E-state index in [1.54, 1.807) is 6.07 Å². The fourth-order valence-corrected chi connectivity index (χ4v) is 2.70. The van der Waals surface area contributed by atoms with Crippen LogP contribution in [0.15, 0.2) is 18.2 Å². The molecule has 0 atom stereocenters. The Morgan fingerprint density at radius 1 is 0.905 bits per heavy atom. The standard InChI is InChI=1S/C18H29ClFN/c1-2-3-4-5-6-7-8-9-10-11-14-21-18-13-12-16(20)15-17(18)19/h12-13,15,21H,2-11,14H2,1H3. The summed E-state index contributed by atoms with van der Waals surface area (Å²) in [7, 11) is 0. The van der Waals surface area contributed by atoms with Gasteiger partial charge in [0.15, 0.2) is 0 Å². The van der Waals surface area contributed by atoms with Gasteiger partial charge in [-0.05, 0) is 24.6 Å². The smallest absolute Gasteiger partial charge is 0.124 e. The first-order valence-electron chi connectivity index (χ1n) is 8.43. The van der Waals surface area contributed by atoms with Crippen molar-refractivity contribution in [3.63, 3.8) is 0 Å². The van der Waals surface area contributed by atoms with E-state index in [1.807, 2.05) is 0 Å². The largest absolute Gasteiger partial charge is 0.384 e. The van der Waals surface area contributed by atoms with Gasteiger partial charge in [0, 0.05) is 6.54 Å². The number of benzene rings is 1. The van der Waals surface area contributed by atoms with Crippen molar-refractivity contribution in [2.24, 2.45) is 0 Å². The van der Waals surface area contributed by atoms with E-state index in [2.05, 4.69) is 12.2 Å². The second-order valence-corrected chi connectivity index (χ2v) is 6.14. The van der Waals surface area contributed by atoms with E-state index < -0.39 is 0 Å². The third kappa shape index (κ3) is 8.98. The molecule has 0 aliphatic carbocycles. The molecular weight excluding hydrogens is 285 g/mol.